The first-order chi connectivity index (χ1) is 9.56. The topological polar surface area (TPSA) is 64.3 Å². The fourth-order valence-corrected chi connectivity index (χ4v) is 1.80. The van der Waals surface area contributed by atoms with Crippen LogP contribution in [0.1, 0.15) is 12.5 Å². The minimum absolute atomic E-state index is 0.209. The number of ether oxygens (including phenoxy) is 1. The van der Waals surface area contributed by atoms with Gasteiger partial charge in [-0.3, -0.25) is 4.79 Å². The van der Waals surface area contributed by atoms with Crippen molar-refractivity contribution in [3.63, 3.8) is 0 Å². The molecule has 4 nitrogen and oxygen atoms in total. The van der Waals surface area contributed by atoms with Crippen LogP contribution in [0.5, 0.6) is 5.75 Å². The van der Waals surface area contributed by atoms with Gasteiger partial charge in [0.05, 0.1) is 5.69 Å². The second-order valence-electron chi connectivity index (χ2n) is 4.66. The summed E-state index contributed by atoms with van der Waals surface area (Å²) in [5.41, 5.74) is 8.14. The van der Waals surface area contributed by atoms with Crippen molar-refractivity contribution in [2.24, 2.45) is 0 Å². The zero-order valence-electron chi connectivity index (χ0n) is 11.6. The van der Waals surface area contributed by atoms with Gasteiger partial charge in [-0.15, -0.1) is 0 Å². The first-order valence-corrected chi connectivity index (χ1v) is 6.45. The highest BCUT2D eigenvalue weighted by molar-refractivity contribution is 5.94. The Balaban J connectivity index is 2.01. The summed E-state index contributed by atoms with van der Waals surface area (Å²) in [6.45, 7) is 3.66. The number of hydrogen-bond acceptors (Lipinski definition) is 3. The average Bonchev–Trinajstić information content (AvgIpc) is 2.41. The van der Waals surface area contributed by atoms with Crippen molar-refractivity contribution in [2.75, 3.05) is 11.1 Å². The first-order valence-electron chi connectivity index (χ1n) is 6.45. The molecular formula is C16H18N2O2. The number of carbonyl (C=O) groups excluding carboxylic acids is 1. The van der Waals surface area contributed by atoms with Crippen LogP contribution in [-0.2, 0) is 4.79 Å². The van der Waals surface area contributed by atoms with Gasteiger partial charge in [-0.05, 0) is 43.7 Å². The standard InChI is InChI=1S/C16H18N2O2/c1-11-6-5-7-13(10-11)18-16(19)12(2)20-15-9-4-3-8-14(15)17/h3-10,12H,17H2,1-2H3,(H,18,19). The molecule has 2 aromatic rings. The summed E-state index contributed by atoms with van der Waals surface area (Å²) in [4.78, 5) is 12.1. The van der Waals surface area contributed by atoms with E-state index in [4.69, 9.17) is 10.5 Å². The molecule has 2 rings (SSSR count). The van der Waals surface area contributed by atoms with Gasteiger partial charge in [0.2, 0.25) is 0 Å². The quantitative estimate of drug-likeness (QED) is 0.839. The predicted octanol–water partition coefficient (Wildman–Crippen LogP) is 2.98. The van der Waals surface area contributed by atoms with E-state index in [1.165, 1.54) is 0 Å². The van der Waals surface area contributed by atoms with Crippen molar-refractivity contribution in [1.29, 1.82) is 0 Å². The van der Waals surface area contributed by atoms with E-state index >= 15 is 0 Å². The maximum absolute atomic E-state index is 12.1. The van der Waals surface area contributed by atoms with E-state index < -0.39 is 6.10 Å². The Morgan fingerprint density at radius 3 is 2.65 bits per heavy atom. The van der Waals surface area contributed by atoms with Gasteiger partial charge < -0.3 is 15.8 Å². The molecule has 0 saturated carbocycles. The number of para-hydroxylation sites is 2. The number of nitrogen functional groups attached to an aromatic ring is 1. The molecule has 1 atom stereocenters. The molecule has 0 aliphatic rings. The fraction of sp³-hybridized carbons (Fsp3) is 0.188. The molecule has 0 radical (unpaired) electrons. The third-order valence-corrected chi connectivity index (χ3v) is 2.88. The van der Waals surface area contributed by atoms with Crippen LogP contribution in [0.25, 0.3) is 0 Å². The van der Waals surface area contributed by atoms with E-state index in [-0.39, 0.29) is 5.91 Å². The molecule has 0 saturated heterocycles. The van der Waals surface area contributed by atoms with Crippen LogP contribution in [0.2, 0.25) is 0 Å². The Morgan fingerprint density at radius 2 is 1.95 bits per heavy atom. The lowest BCUT2D eigenvalue weighted by Crippen LogP contribution is -2.30. The maximum atomic E-state index is 12.1. The number of aryl methyl sites for hydroxylation is 1. The van der Waals surface area contributed by atoms with Crippen molar-refractivity contribution in [2.45, 2.75) is 20.0 Å². The third-order valence-electron chi connectivity index (χ3n) is 2.88. The van der Waals surface area contributed by atoms with Crippen LogP contribution in [0, 0.1) is 6.92 Å². The number of hydrogen-bond donors (Lipinski definition) is 2. The highest BCUT2D eigenvalue weighted by Gasteiger charge is 2.15. The number of carbonyl (C=O) groups is 1. The maximum Gasteiger partial charge on any atom is 0.265 e. The van der Waals surface area contributed by atoms with Crippen LogP contribution in [-0.4, -0.2) is 12.0 Å². The summed E-state index contributed by atoms with van der Waals surface area (Å²) in [5.74, 6) is 0.304. The minimum atomic E-state index is -0.625. The van der Waals surface area contributed by atoms with Gasteiger partial charge in [-0.25, -0.2) is 0 Å². The second-order valence-corrected chi connectivity index (χ2v) is 4.66. The van der Waals surface area contributed by atoms with E-state index in [0.717, 1.165) is 11.3 Å². The molecule has 3 N–H and O–H groups in total. The molecule has 0 aliphatic carbocycles. The zero-order valence-corrected chi connectivity index (χ0v) is 11.6. The molecule has 1 amide bonds. The number of nitrogens with one attached hydrogen (secondary N) is 1. The van der Waals surface area contributed by atoms with Gasteiger partial charge in [0.15, 0.2) is 6.10 Å². The van der Waals surface area contributed by atoms with Gasteiger partial charge in [0.25, 0.3) is 5.91 Å². The molecule has 4 heteroatoms. The number of amides is 1. The number of rotatable bonds is 4. The van der Waals surface area contributed by atoms with Gasteiger partial charge in [-0.2, -0.15) is 0 Å². The molecule has 0 heterocycles. The van der Waals surface area contributed by atoms with Crippen LogP contribution in [0.3, 0.4) is 0 Å². The van der Waals surface area contributed by atoms with Gasteiger partial charge in [0, 0.05) is 5.69 Å². The third kappa shape index (κ3) is 3.51. The summed E-state index contributed by atoms with van der Waals surface area (Å²) in [7, 11) is 0. The molecule has 0 aliphatic heterocycles. The molecular weight excluding hydrogens is 252 g/mol. The number of benzene rings is 2. The van der Waals surface area contributed by atoms with E-state index in [1.54, 1.807) is 19.1 Å². The number of nitrogens with two attached hydrogens (primary N) is 1. The van der Waals surface area contributed by atoms with Crippen molar-refractivity contribution in [3.8, 4) is 5.75 Å². The van der Waals surface area contributed by atoms with Crippen molar-refractivity contribution in [1.82, 2.24) is 0 Å². The summed E-state index contributed by atoms with van der Waals surface area (Å²) in [6.07, 6.45) is -0.625. The lowest BCUT2D eigenvalue weighted by Gasteiger charge is -2.16. The Hall–Kier alpha value is -2.49. The predicted molar refractivity (Wildman–Crippen MR) is 80.8 cm³/mol. The Kier molecular flexibility index (Phi) is 4.25. The normalized spacial score (nSPS) is 11.7. The van der Waals surface area contributed by atoms with Crippen LogP contribution >= 0.6 is 0 Å². The lowest BCUT2D eigenvalue weighted by atomic mass is 10.2. The highest BCUT2D eigenvalue weighted by Crippen LogP contribution is 2.21. The molecule has 0 bridgehead atoms. The summed E-state index contributed by atoms with van der Waals surface area (Å²) < 4.78 is 5.57. The minimum Gasteiger partial charge on any atom is -0.479 e. The van der Waals surface area contributed by atoms with Crippen molar-refractivity contribution < 1.29 is 9.53 Å². The molecule has 1 unspecified atom stereocenters. The van der Waals surface area contributed by atoms with E-state index in [0.29, 0.717) is 11.4 Å². The molecule has 20 heavy (non-hydrogen) atoms. The van der Waals surface area contributed by atoms with Gasteiger partial charge in [0.1, 0.15) is 5.75 Å². The van der Waals surface area contributed by atoms with Crippen molar-refractivity contribution in [3.05, 3.63) is 54.1 Å². The Morgan fingerprint density at radius 1 is 1.20 bits per heavy atom. The Bertz CT molecular complexity index is 611. The smallest absolute Gasteiger partial charge is 0.265 e. The average molecular weight is 270 g/mol. The van der Waals surface area contributed by atoms with E-state index in [1.807, 2.05) is 43.3 Å². The fourth-order valence-electron chi connectivity index (χ4n) is 1.80. The number of anilines is 2. The SMILES string of the molecule is Cc1cccc(NC(=O)C(C)Oc2ccccc2N)c1. The highest BCUT2D eigenvalue weighted by atomic mass is 16.5. The van der Waals surface area contributed by atoms with E-state index in [2.05, 4.69) is 5.32 Å². The lowest BCUT2D eigenvalue weighted by molar-refractivity contribution is -0.122. The molecule has 2 aromatic carbocycles. The zero-order chi connectivity index (χ0) is 14.5. The second kappa shape index (κ2) is 6.10. The van der Waals surface area contributed by atoms with Gasteiger partial charge in [-0.1, -0.05) is 24.3 Å². The van der Waals surface area contributed by atoms with E-state index in [9.17, 15) is 4.79 Å². The van der Waals surface area contributed by atoms with Crippen molar-refractivity contribution >= 4 is 17.3 Å². The summed E-state index contributed by atoms with van der Waals surface area (Å²) >= 11 is 0. The molecule has 0 fully saturated rings. The first kappa shape index (κ1) is 13.9. The summed E-state index contributed by atoms with van der Waals surface area (Å²) in [5, 5.41) is 2.82. The monoisotopic (exact) mass is 270 g/mol. The largest absolute Gasteiger partial charge is 0.479 e. The van der Waals surface area contributed by atoms with Gasteiger partial charge >= 0.3 is 0 Å². The molecule has 104 valence electrons. The molecule has 0 aromatic heterocycles. The van der Waals surface area contributed by atoms with Crippen LogP contribution < -0.4 is 15.8 Å². The Labute approximate surface area is 118 Å². The molecule has 0 spiro atoms. The van der Waals surface area contributed by atoms with Crippen LogP contribution in [0.15, 0.2) is 48.5 Å². The van der Waals surface area contributed by atoms with Crippen LogP contribution in [0.4, 0.5) is 11.4 Å². The summed E-state index contributed by atoms with van der Waals surface area (Å²) in [6, 6.07) is 14.7.